The standard InChI is InChI=1S/C18H17N3O2.ClH/c1-21-10-14-16(20-21)8-6-13-11(7-9-17(22)23)12-4-2-3-5-15(12)19-18(13)14;/h2-5,10H,6-9H2,1H3,(H,22,23);1H. The van der Waals surface area contributed by atoms with Crippen molar-refractivity contribution in [1.82, 2.24) is 14.8 Å². The number of carboxylic acids is 1. The fourth-order valence-electron chi connectivity index (χ4n) is 3.49. The molecular weight excluding hydrogens is 326 g/mol. The maximum absolute atomic E-state index is 11.0. The molecule has 3 aromatic rings. The molecule has 6 heteroatoms. The predicted molar refractivity (Wildman–Crippen MR) is 94.6 cm³/mol. The highest BCUT2D eigenvalue weighted by Crippen LogP contribution is 2.36. The van der Waals surface area contributed by atoms with Crippen molar-refractivity contribution in [3.63, 3.8) is 0 Å². The Morgan fingerprint density at radius 3 is 2.88 bits per heavy atom. The third-order valence-electron chi connectivity index (χ3n) is 4.47. The van der Waals surface area contributed by atoms with Crippen molar-refractivity contribution in [3.05, 3.63) is 47.3 Å². The summed E-state index contributed by atoms with van der Waals surface area (Å²) in [5.41, 5.74) is 6.36. The van der Waals surface area contributed by atoms with Crippen molar-refractivity contribution in [2.45, 2.75) is 25.7 Å². The van der Waals surface area contributed by atoms with Crippen molar-refractivity contribution in [1.29, 1.82) is 0 Å². The Kier molecular flexibility index (Phi) is 4.28. The molecule has 0 saturated carbocycles. The third kappa shape index (κ3) is 2.65. The number of aliphatic carboxylic acids is 1. The van der Waals surface area contributed by atoms with Gasteiger partial charge in [0, 0.05) is 30.6 Å². The van der Waals surface area contributed by atoms with Crippen molar-refractivity contribution < 1.29 is 9.90 Å². The van der Waals surface area contributed by atoms with E-state index in [1.165, 1.54) is 5.56 Å². The molecule has 2 heterocycles. The molecule has 1 aromatic carbocycles. The molecule has 0 saturated heterocycles. The number of halogens is 1. The van der Waals surface area contributed by atoms with Gasteiger partial charge in [0.05, 0.1) is 16.9 Å². The lowest BCUT2D eigenvalue weighted by atomic mass is 9.87. The molecule has 0 atom stereocenters. The number of carboxylic acid groups (broad SMARTS) is 1. The molecule has 1 N–H and O–H groups in total. The van der Waals surface area contributed by atoms with Crippen molar-refractivity contribution in [2.24, 2.45) is 7.05 Å². The summed E-state index contributed by atoms with van der Waals surface area (Å²) in [5.74, 6) is -0.766. The van der Waals surface area contributed by atoms with Crippen LogP contribution in [-0.4, -0.2) is 25.8 Å². The number of fused-ring (bicyclic) bond motifs is 4. The lowest BCUT2D eigenvalue weighted by Crippen LogP contribution is -2.10. The number of carbonyl (C=O) groups is 1. The number of aromatic nitrogens is 3. The van der Waals surface area contributed by atoms with Gasteiger partial charge < -0.3 is 5.11 Å². The molecule has 0 spiro atoms. The predicted octanol–water partition coefficient (Wildman–Crippen LogP) is 3.17. The van der Waals surface area contributed by atoms with Crippen LogP contribution in [0.25, 0.3) is 22.2 Å². The van der Waals surface area contributed by atoms with E-state index in [0.29, 0.717) is 6.42 Å². The third-order valence-corrected chi connectivity index (χ3v) is 4.47. The van der Waals surface area contributed by atoms with E-state index in [1.807, 2.05) is 42.2 Å². The summed E-state index contributed by atoms with van der Waals surface area (Å²) in [6.45, 7) is 0. The Morgan fingerprint density at radius 2 is 2.08 bits per heavy atom. The maximum Gasteiger partial charge on any atom is 0.303 e. The Balaban J connectivity index is 0.00000169. The van der Waals surface area contributed by atoms with E-state index < -0.39 is 5.97 Å². The fourth-order valence-corrected chi connectivity index (χ4v) is 3.49. The molecule has 1 aliphatic carbocycles. The van der Waals surface area contributed by atoms with Crippen LogP contribution >= 0.6 is 12.4 Å². The lowest BCUT2D eigenvalue weighted by molar-refractivity contribution is -0.136. The van der Waals surface area contributed by atoms with Gasteiger partial charge in [-0.2, -0.15) is 5.10 Å². The smallest absolute Gasteiger partial charge is 0.303 e. The van der Waals surface area contributed by atoms with Crippen LogP contribution in [0.2, 0.25) is 0 Å². The van der Waals surface area contributed by atoms with Crippen LogP contribution in [0.15, 0.2) is 30.5 Å². The summed E-state index contributed by atoms with van der Waals surface area (Å²) in [6, 6.07) is 7.98. The van der Waals surface area contributed by atoms with Crippen LogP contribution in [0.1, 0.15) is 23.2 Å². The van der Waals surface area contributed by atoms with Gasteiger partial charge in [-0.15, -0.1) is 12.4 Å². The molecular formula is C18H18ClN3O2. The zero-order chi connectivity index (χ0) is 16.0. The second kappa shape index (κ2) is 6.24. The van der Waals surface area contributed by atoms with E-state index >= 15 is 0 Å². The van der Waals surface area contributed by atoms with Gasteiger partial charge in [0.2, 0.25) is 0 Å². The second-order valence-electron chi connectivity index (χ2n) is 5.99. The highest BCUT2D eigenvalue weighted by molar-refractivity contribution is 5.88. The summed E-state index contributed by atoms with van der Waals surface area (Å²) in [6.07, 6.45) is 4.43. The summed E-state index contributed by atoms with van der Waals surface area (Å²) in [4.78, 5) is 15.9. The molecule has 0 bridgehead atoms. The minimum absolute atomic E-state index is 0. The van der Waals surface area contributed by atoms with Gasteiger partial charge >= 0.3 is 5.97 Å². The highest BCUT2D eigenvalue weighted by atomic mass is 35.5. The summed E-state index contributed by atoms with van der Waals surface area (Å²) in [7, 11) is 1.92. The van der Waals surface area contributed by atoms with Crippen molar-refractivity contribution >= 4 is 29.3 Å². The number of hydrogen-bond donors (Lipinski definition) is 1. The number of rotatable bonds is 3. The van der Waals surface area contributed by atoms with Crippen LogP contribution in [-0.2, 0) is 31.1 Å². The first-order chi connectivity index (χ1) is 11.1. The normalized spacial score (nSPS) is 12.4. The number of aryl methyl sites for hydroxylation is 3. The van der Waals surface area contributed by atoms with Gasteiger partial charge in [-0.3, -0.25) is 9.48 Å². The van der Waals surface area contributed by atoms with E-state index in [0.717, 1.165) is 46.3 Å². The Hall–Kier alpha value is -2.40. The SMILES string of the molecule is Cl.Cn1cc2c(n1)CCc1c-2nc2ccccc2c1CCC(=O)O. The van der Waals surface area contributed by atoms with Crippen LogP contribution in [0.4, 0.5) is 0 Å². The minimum atomic E-state index is -0.766. The van der Waals surface area contributed by atoms with Gasteiger partial charge in [-0.25, -0.2) is 4.98 Å². The van der Waals surface area contributed by atoms with E-state index in [2.05, 4.69) is 5.10 Å². The van der Waals surface area contributed by atoms with Crippen molar-refractivity contribution in [2.75, 3.05) is 0 Å². The minimum Gasteiger partial charge on any atom is -0.481 e. The Labute approximate surface area is 145 Å². The monoisotopic (exact) mass is 343 g/mol. The molecule has 0 amide bonds. The number of para-hydroxylation sites is 1. The average molecular weight is 344 g/mol. The van der Waals surface area contributed by atoms with E-state index in [1.54, 1.807) is 0 Å². The summed E-state index contributed by atoms with van der Waals surface area (Å²) in [5, 5.41) is 14.7. The molecule has 0 fully saturated rings. The molecule has 0 unspecified atom stereocenters. The number of benzene rings is 1. The molecule has 4 rings (SSSR count). The van der Waals surface area contributed by atoms with E-state index in [-0.39, 0.29) is 18.8 Å². The number of nitrogens with zero attached hydrogens (tertiary/aromatic N) is 3. The van der Waals surface area contributed by atoms with Crippen molar-refractivity contribution in [3.8, 4) is 11.3 Å². The van der Waals surface area contributed by atoms with E-state index in [9.17, 15) is 4.79 Å². The fraction of sp³-hybridized carbons (Fsp3) is 0.278. The van der Waals surface area contributed by atoms with Gasteiger partial charge in [0.25, 0.3) is 0 Å². The van der Waals surface area contributed by atoms with E-state index in [4.69, 9.17) is 10.1 Å². The van der Waals surface area contributed by atoms with Crippen LogP contribution in [0, 0.1) is 0 Å². The second-order valence-corrected chi connectivity index (χ2v) is 5.99. The van der Waals surface area contributed by atoms with Gasteiger partial charge in [-0.05, 0) is 36.5 Å². The van der Waals surface area contributed by atoms with Gasteiger partial charge in [0.1, 0.15) is 0 Å². The molecule has 1 aliphatic rings. The number of pyridine rings is 1. The first-order valence-electron chi connectivity index (χ1n) is 7.78. The molecule has 24 heavy (non-hydrogen) atoms. The summed E-state index contributed by atoms with van der Waals surface area (Å²) >= 11 is 0. The van der Waals surface area contributed by atoms with Crippen LogP contribution < -0.4 is 0 Å². The first-order valence-corrected chi connectivity index (χ1v) is 7.78. The van der Waals surface area contributed by atoms with Gasteiger partial charge in [0.15, 0.2) is 0 Å². The molecule has 5 nitrogen and oxygen atoms in total. The first kappa shape index (κ1) is 16.5. The largest absolute Gasteiger partial charge is 0.481 e. The lowest BCUT2D eigenvalue weighted by Gasteiger charge is -2.20. The molecule has 0 aliphatic heterocycles. The highest BCUT2D eigenvalue weighted by Gasteiger charge is 2.24. The summed E-state index contributed by atoms with van der Waals surface area (Å²) < 4.78 is 1.83. The quantitative estimate of drug-likeness (QED) is 0.793. The van der Waals surface area contributed by atoms with Gasteiger partial charge in [-0.1, -0.05) is 18.2 Å². The Morgan fingerprint density at radius 1 is 1.29 bits per heavy atom. The Bertz CT molecular complexity index is 933. The average Bonchev–Trinajstić information content (AvgIpc) is 2.92. The topological polar surface area (TPSA) is 68.0 Å². The zero-order valence-corrected chi connectivity index (χ0v) is 14.1. The van der Waals surface area contributed by atoms with Crippen LogP contribution in [0.3, 0.4) is 0 Å². The zero-order valence-electron chi connectivity index (χ0n) is 13.3. The number of hydrogen-bond acceptors (Lipinski definition) is 3. The van der Waals surface area contributed by atoms with Crippen LogP contribution in [0.5, 0.6) is 0 Å². The molecule has 0 radical (unpaired) electrons. The molecule has 124 valence electrons. The maximum atomic E-state index is 11.0. The molecule has 2 aromatic heterocycles.